The molecule has 0 saturated heterocycles. The van der Waals surface area contributed by atoms with Gasteiger partial charge < -0.3 is 10.1 Å². The average Bonchev–Trinajstić information content (AvgIpc) is 2.41. The molecule has 1 heterocycles. The van der Waals surface area contributed by atoms with E-state index in [4.69, 9.17) is 23.2 Å². The van der Waals surface area contributed by atoms with Gasteiger partial charge in [-0.25, -0.2) is 4.98 Å². The number of nitrogens with one attached hydrogen (secondary N) is 1. The van der Waals surface area contributed by atoms with Gasteiger partial charge in [-0.3, -0.25) is 4.79 Å². The zero-order chi connectivity index (χ0) is 16.3. The van der Waals surface area contributed by atoms with Gasteiger partial charge >= 0.3 is 6.61 Å². The van der Waals surface area contributed by atoms with Crippen molar-refractivity contribution in [2.45, 2.75) is 13.5 Å². The number of pyridine rings is 1. The second-order valence-electron chi connectivity index (χ2n) is 4.32. The van der Waals surface area contributed by atoms with Crippen LogP contribution in [0.25, 0.3) is 0 Å². The van der Waals surface area contributed by atoms with E-state index in [1.54, 1.807) is 12.1 Å². The van der Waals surface area contributed by atoms with Crippen molar-refractivity contribution >= 4 is 34.9 Å². The Bertz CT molecular complexity index is 711. The van der Waals surface area contributed by atoms with E-state index in [0.29, 0.717) is 0 Å². The molecule has 0 radical (unpaired) electrons. The lowest BCUT2D eigenvalue weighted by atomic mass is 10.2. The van der Waals surface area contributed by atoms with Crippen LogP contribution in [0.1, 0.15) is 15.9 Å². The lowest BCUT2D eigenvalue weighted by Crippen LogP contribution is -2.16. The smallest absolute Gasteiger partial charge is 0.387 e. The number of nitrogens with zero attached hydrogens (tertiary/aromatic N) is 1. The number of anilines is 1. The molecule has 8 heteroatoms. The van der Waals surface area contributed by atoms with Crippen LogP contribution in [-0.2, 0) is 0 Å². The van der Waals surface area contributed by atoms with Gasteiger partial charge in [0.1, 0.15) is 5.82 Å². The lowest BCUT2D eigenvalue weighted by Gasteiger charge is -2.13. The van der Waals surface area contributed by atoms with Crippen LogP contribution in [0.15, 0.2) is 30.5 Å². The van der Waals surface area contributed by atoms with Gasteiger partial charge in [0.05, 0.1) is 10.6 Å². The Morgan fingerprint density at radius 1 is 1.32 bits per heavy atom. The van der Waals surface area contributed by atoms with Crippen molar-refractivity contribution in [1.82, 2.24) is 4.98 Å². The molecule has 2 aromatic rings. The molecule has 0 fully saturated rings. The highest BCUT2D eigenvalue weighted by Gasteiger charge is 2.20. The number of hydrogen-bond acceptors (Lipinski definition) is 3. The summed E-state index contributed by atoms with van der Waals surface area (Å²) in [5.41, 5.74) is 0.666. The summed E-state index contributed by atoms with van der Waals surface area (Å²) in [4.78, 5) is 16.2. The van der Waals surface area contributed by atoms with Crippen LogP contribution in [0.5, 0.6) is 5.75 Å². The number of benzene rings is 1. The molecule has 0 spiro atoms. The summed E-state index contributed by atoms with van der Waals surface area (Å²) >= 11 is 11.6. The Balaban J connectivity index is 2.35. The molecule has 1 N–H and O–H groups in total. The third kappa shape index (κ3) is 4.05. The Morgan fingerprint density at radius 2 is 2.05 bits per heavy atom. The molecule has 2 rings (SSSR count). The molecule has 22 heavy (non-hydrogen) atoms. The van der Waals surface area contributed by atoms with Crippen molar-refractivity contribution in [3.05, 3.63) is 51.6 Å². The van der Waals surface area contributed by atoms with Crippen molar-refractivity contribution < 1.29 is 18.3 Å². The molecule has 0 aliphatic heterocycles. The fraction of sp³-hybridized carbons (Fsp3) is 0.143. The van der Waals surface area contributed by atoms with Crippen LogP contribution in [0.2, 0.25) is 10.0 Å². The monoisotopic (exact) mass is 346 g/mol. The van der Waals surface area contributed by atoms with Crippen LogP contribution in [0, 0.1) is 6.92 Å². The SMILES string of the molecule is Cc1ccnc(NC(=O)c2cc(Cl)cc(Cl)c2OC(F)F)c1. The molecule has 0 bridgehead atoms. The Kier molecular flexibility index (Phi) is 5.15. The van der Waals surface area contributed by atoms with Gasteiger partial charge in [0.2, 0.25) is 0 Å². The Labute approximate surface area is 135 Å². The molecule has 1 aromatic heterocycles. The molecule has 116 valence electrons. The summed E-state index contributed by atoms with van der Waals surface area (Å²) in [6, 6.07) is 5.77. The minimum Gasteiger partial charge on any atom is -0.432 e. The van der Waals surface area contributed by atoms with E-state index in [1.165, 1.54) is 18.3 Å². The second kappa shape index (κ2) is 6.89. The van der Waals surface area contributed by atoms with Crippen LogP contribution in [-0.4, -0.2) is 17.5 Å². The summed E-state index contributed by atoms with van der Waals surface area (Å²) in [5, 5.41) is 2.41. The van der Waals surface area contributed by atoms with Gasteiger partial charge in [-0.15, -0.1) is 0 Å². The first-order chi connectivity index (χ1) is 10.4. The fourth-order valence-electron chi connectivity index (χ4n) is 1.73. The van der Waals surface area contributed by atoms with Crippen LogP contribution in [0.3, 0.4) is 0 Å². The van der Waals surface area contributed by atoms with E-state index >= 15 is 0 Å². The first-order valence-corrected chi connectivity index (χ1v) is 6.80. The minimum atomic E-state index is -3.12. The molecule has 1 aromatic carbocycles. The summed E-state index contributed by atoms with van der Waals surface area (Å²) < 4.78 is 29.2. The number of aryl methyl sites for hydroxylation is 1. The average molecular weight is 347 g/mol. The molecule has 0 saturated carbocycles. The van der Waals surface area contributed by atoms with Crippen molar-refractivity contribution in [1.29, 1.82) is 0 Å². The summed E-state index contributed by atoms with van der Waals surface area (Å²) in [6.07, 6.45) is 1.51. The van der Waals surface area contributed by atoms with Gasteiger partial charge in [-0.05, 0) is 36.8 Å². The van der Waals surface area contributed by atoms with Crippen molar-refractivity contribution in [2.75, 3.05) is 5.32 Å². The number of aromatic nitrogens is 1. The van der Waals surface area contributed by atoms with Crippen LogP contribution >= 0.6 is 23.2 Å². The first-order valence-electron chi connectivity index (χ1n) is 6.04. The summed E-state index contributed by atoms with van der Waals surface area (Å²) in [5.74, 6) is -0.881. The maximum absolute atomic E-state index is 12.5. The minimum absolute atomic E-state index is 0.119. The molecular weight excluding hydrogens is 337 g/mol. The molecule has 0 aliphatic carbocycles. The van der Waals surface area contributed by atoms with E-state index < -0.39 is 18.3 Å². The number of alkyl halides is 2. The number of carbonyl (C=O) groups excluding carboxylic acids is 1. The second-order valence-corrected chi connectivity index (χ2v) is 5.16. The maximum atomic E-state index is 12.5. The van der Waals surface area contributed by atoms with E-state index in [0.717, 1.165) is 5.56 Å². The van der Waals surface area contributed by atoms with Crippen molar-refractivity contribution in [2.24, 2.45) is 0 Å². The maximum Gasteiger partial charge on any atom is 0.387 e. The number of ether oxygens (including phenoxy) is 1. The van der Waals surface area contributed by atoms with E-state index in [9.17, 15) is 13.6 Å². The predicted molar refractivity (Wildman–Crippen MR) is 80.0 cm³/mol. The first kappa shape index (κ1) is 16.5. The highest BCUT2D eigenvalue weighted by atomic mass is 35.5. The van der Waals surface area contributed by atoms with Gasteiger partial charge in [0, 0.05) is 11.2 Å². The molecule has 4 nitrogen and oxygen atoms in total. The van der Waals surface area contributed by atoms with E-state index in [2.05, 4.69) is 15.0 Å². The normalized spacial score (nSPS) is 10.6. The van der Waals surface area contributed by atoms with E-state index in [-0.39, 0.29) is 21.4 Å². The lowest BCUT2D eigenvalue weighted by molar-refractivity contribution is -0.0500. The molecular formula is C14H10Cl2F2N2O2. The van der Waals surface area contributed by atoms with Crippen molar-refractivity contribution in [3.8, 4) is 5.75 Å². The molecule has 1 amide bonds. The third-order valence-electron chi connectivity index (χ3n) is 2.62. The largest absolute Gasteiger partial charge is 0.432 e. The summed E-state index contributed by atoms with van der Waals surface area (Å²) in [6.45, 7) is -1.30. The zero-order valence-electron chi connectivity index (χ0n) is 11.2. The Morgan fingerprint density at radius 3 is 2.68 bits per heavy atom. The standard InChI is InChI=1S/C14H10Cl2F2N2O2/c1-7-2-3-19-11(4-7)20-13(21)9-5-8(15)6-10(16)12(9)22-14(17)18/h2-6,14H,1H3,(H,19,20,21). The topological polar surface area (TPSA) is 51.2 Å². The van der Waals surface area contributed by atoms with Crippen molar-refractivity contribution in [3.63, 3.8) is 0 Å². The number of halogens is 4. The molecule has 0 unspecified atom stereocenters. The summed E-state index contributed by atoms with van der Waals surface area (Å²) in [7, 11) is 0. The van der Waals surface area contributed by atoms with Gasteiger partial charge in [-0.2, -0.15) is 8.78 Å². The number of rotatable bonds is 4. The quantitative estimate of drug-likeness (QED) is 0.883. The highest BCUT2D eigenvalue weighted by Crippen LogP contribution is 2.34. The number of carbonyl (C=O) groups is 1. The highest BCUT2D eigenvalue weighted by molar-refractivity contribution is 6.36. The van der Waals surface area contributed by atoms with Gasteiger partial charge in [-0.1, -0.05) is 23.2 Å². The predicted octanol–water partition coefficient (Wildman–Crippen LogP) is 4.55. The van der Waals surface area contributed by atoms with E-state index in [1.807, 2.05) is 6.92 Å². The van der Waals surface area contributed by atoms with Crippen LogP contribution in [0.4, 0.5) is 14.6 Å². The number of hydrogen-bond donors (Lipinski definition) is 1. The zero-order valence-corrected chi connectivity index (χ0v) is 12.8. The fourth-order valence-corrected chi connectivity index (χ4v) is 2.26. The molecule has 0 aliphatic rings. The van der Waals surface area contributed by atoms with Gasteiger partial charge in [0.15, 0.2) is 5.75 Å². The number of amides is 1. The van der Waals surface area contributed by atoms with Crippen LogP contribution < -0.4 is 10.1 Å². The third-order valence-corrected chi connectivity index (χ3v) is 3.12. The van der Waals surface area contributed by atoms with Gasteiger partial charge in [0.25, 0.3) is 5.91 Å². The Hall–Kier alpha value is -1.92. The molecule has 0 atom stereocenters.